The molecule has 0 saturated carbocycles. The highest BCUT2D eigenvalue weighted by molar-refractivity contribution is 7.13. The minimum absolute atomic E-state index is 0.188. The molecule has 0 amide bonds. The van der Waals surface area contributed by atoms with Gasteiger partial charge in [0.05, 0.1) is 22.2 Å². The van der Waals surface area contributed by atoms with Crippen LogP contribution in [0.4, 0.5) is 0 Å². The van der Waals surface area contributed by atoms with Crippen LogP contribution in [0.3, 0.4) is 0 Å². The van der Waals surface area contributed by atoms with Crippen LogP contribution in [-0.4, -0.2) is 25.4 Å². The van der Waals surface area contributed by atoms with Gasteiger partial charge in [0.1, 0.15) is 10.7 Å². The smallest absolute Gasteiger partial charge is 0.309 e. The predicted molar refractivity (Wildman–Crippen MR) is 77.7 cm³/mol. The predicted octanol–water partition coefficient (Wildman–Crippen LogP) is 3.39. The molecule has 0 unspecified atom stereocenters. The fourth-order valence-electron chi connectivity index (χ4n) is 1.94. The van der Waals surface area contributed by atoms with Gasteiger partial charge in [0.2, 0.25) is 0 Å². The van der Waals surface area contributed by atoms with Crippen LogP contribution in [-0.2, 0) is 11.2 Å². The van der Waals surface area contributed by atoms with Gasteiger partial charge in [-0.3, -0.25) is 9.20 Å². The Morgan fingerprint density at radius 1 is 1.45 bits per heavy atom. The highest BCUT2D eigenvalue weighted by Crippen LogP contribution is 2.30. The number of pyridine rings is 1. The molecule has 102 valence electrons. The zero-order valence-corrected chi connectivity index (χ0v) is 12.2. The van der Waals surface area contributed by atoms with Crippen molar-refractivity contribution in [3.63, 3.8) is 0 Å². The molecule has 3 rings (SSSR count). The fourth-order valence-corrected chi connectivity index (χ4v) is 3.10. The Hall–Kier alpha value is -1.63. The molecule has 0 fully saturated rings. The van der Waals surface area contributed by atoms with Gasteiger partial charge in [0.15, 0.2) is 5.65 Å². The van der Waals surface area contributed by atoms with E-state index >= 15 is 0 Å². The van der Waals surface area contributed by atoms with Crippen molar-refractivity contribution in [2.24, 2.45) is 0 Å². The summed E-state index contributed by atoms with van der Waals surface area (Å²) in [6, 6.07) is 1.57. The molecule has 0 spiro atoms. The fraction of sp³-hybridized carbons (Fsp3) is 0.0833. The van der Waals surface area contributed by atoms with Gasteiger partial charge >= 0.3 is 5.97 Å². The second-order valence-corrected chi connectivity index (χ2v) is 5.75. The molecule has 3 heterocycles. The Morgan fingerprint density at radius 2 is 2.25 bits per heavy atom. The van der Waals surface area contributed by atoms with Crippen LogP contribution in [0.1, 0.15) is 5.69 Å². The number of hydrogen-bond donors (Lipinski definition) is 1. The van der Waals surface area contributed by atoms with E-state index in [-0.39, 0.29) is 6.42 Å². The van der Waals surface area contributed by atoms with Gasteiger partial charge in [-0.25, -0.2) is 9.97 Å². The Kier molecular flexibility index (Phi) is 3.37. The van der Waals surface area contributed by atoms with Crippen molar-refractivity contribution in [2.75, 3.05) is 0 Å². The molecule has 3 aromatic rings. The molecule has 5 nitrogen and oxygen atoms in total. The average Bonchev–Trinajstić information content (AvgIpc) is 2.97. The third-order valence-electron chi connectivity index (χ3n) is 2.69. The molecule has 0 aliphatic rings. The molecule has 0 atom stereocenters. The van der Waals surface area contributed by atoms with Crippen molar-refractivity contribution >= 4 is 46.2 Å². The molecule has 0 saturated heterocycles. The number of carbonyl (C=O) groups is 1. The van der Waals surface area contributed by atoms with E-state index in [0.717, 1.165) is 0 Å². The SMILES string of the molecule is O=C(O)Cc1c(-c2nccs2)nc2c(Cl)cc(Cl)cn12. The third-order valence-corrected chi connectivity index (χ3v) is 3.96. The number of halogens is 2. The van der Waals surface area contributed by atoms with Gasteiger partial charge in [-0.15, -0.1) is 11.3 Å². The molecule has 8 heteroatoms. The molecule has 0 radical (unpaired) electrons. The standard InChI is InChI=1S/C12H7Cl2N3O2S/c13-6-3-7(14)11-16-10(12-15-1-2-20-12)8(4-9(18)19)17(11)5-6/h1-3,5H,4H2,(H,18,19). The lowest BCUT2D eigenvalue weighted by atomic mass is 10.2. The third kappa shape index (κ3) is 2.26. The van der Waals surface area contributed by atoms with E-state index in [0.29, 0.717) is 32.1 Å². The van der Waals surface area contributed by atoms with Gasteiger partial charge in [-0.05, 0) is 6.07 Å². The maximum atomic E-state index is 11.1. The lowest BCUT2D eigenvalue weighted by Gasteiger charge is -2.02. The first-order valence-corrected chi connectivity index (χ1v) is 7.17. The van der Waals surface area contributed by atoms with Crippen molar-refractivity contribution in [3.8, 4) is 10.7 Å². The van der Waals surface area contributed by atoms with E-state index < -0.39 is 5.97 Å². The molecular weight excluding hydrogens is 321 g/mol. The molecule has 20 heavy (non-hydrogen) atoms. The minimum Gasteiger partial charge on any atom is -0.481 e. The van der Waals surface area contributed by atoms with E-state index in [9.17, 15) is 4.79 Å². The summed E-state index contributed by atoms with van der Waals surface area (Å²) in [5.41, 5.74) is 1.50. The summed E-state index contributed by atoms with van der Waals surface area (Å²) in [7, 11) is 0. The van der Waals surface area contributed by atoms with Crippen molar-refractivity contribution < 1.29 is 9.90 Å². The number of aliphatic carboxylic acids is 1. The largest absolute Gasteiger partial charge is 0.481 e. The minimum atomic E-state index is -0.958. The maximum Gasteiger partial charge on any atom is 0.309 e. The number of nitrogens with zero attached hydrogens (tertiary/aromatic N) is 3. The van der Waals surface area contributed by atoms with Crippen LogP contribution >= 0.6 is 34.5 Å². The quantitative estimate of drug-likeness (QED) is 0.800. The number of hydrogen-bond acceptors (Lipinski definition) is 4. The van der Waals surface area contributed by atoms with Gasteiger partial charge in [0.25, 0.3) is 0 Å². The Labute approximate surface area is 127 Å². The van der Waals surface area contributed by atoms with Gasteiger partial charge < -0.3 is 5.11 Å². The zero-order chi connectivity index (χ0) is 14.3. The molecule has 1 N–H and O–H groups in total. The zero-order valence-electron chi connectivity index (χ0n) is 9.88. The van der Waals surface area contributed by atoms with Crippen LogP contribution in [0.2, 0.25) is 10.0 Å². The number of fused-ring (bicyclic) bond motifs is 1. The van der Waals surface area contributed by atoms with Crippen molar-refractivity contribution in [1.82, 2.24) is 14.4 Å². The topological polar surface area (TPSA) is 67.5 Å². The first-order valence-electron chi connectivity index (χ1n) is 5.54. The summed E-state index contributed by atoms with van der Waals surface area (Å²) in [5, 5.41) is 12.3. The molecule has 0 aliphatic carbocycles. The van der Waals surface area contributed by atoms with Crippen LogP contribution < -0.4 is 0 Å². The second kappa shape index (κ2) is 5.05. The normalized spacial score (nSPS) is 11.1. The van der Waals surface area contributed by atoms with Gasteiger partial charge in [-0.1, -0.05) is 23.2 Å². The molecule has 0 aromatic carbocycles. The van der Waals surface area contributed by atoms with Crippen LogP contribution in [0, 0.1) is 0 Å². The Morgan fingerprint density at radius 3 is 2.90 bits per heavy atom. The Balaban J connectivity index is 2.33. The number of carboxylic acids is 1. The van der Waals surface area contributed by atoms with E-state index in [1.807, 2.05) is 0 Å². The summed E-state index contributed by atoms with van der Waals surface area (Å²) in [6.45, 7) is 0. The molecule has 0 bridgehead atoms. The van der Waals surface area contributed by atoms with E-state index in [1.165, 1.54) is 11.3 Å². The van der Waals surface area contributed by atoms with E-state index in [1.54, 1.807) is 28.2 Å². The lowest BCUT2D eigenvalue weighted by Crippen LogP contribution is -2.04. The maximum absolute atomic E-state index is 11.1. The summed E-state index contributed by atoms with van der Waals surface area (Å²) in [5.74, 6) is -0.958. The highest BCUT2D eigenvalue weighted by Gasteiger charge is 2.20. The average molecular weight is 328 g/mol. The summed E-state index contributed by atoms with van der Waals surface area (Å²) >= 11 is 13.5. The lowest BCUT2D eigenvalue weighted by molar-refractivity contribution is -0.136. The van der Waals surface area contributed by atoms with Gasteiger partial charge in [-0.2, -0.15) is 0 Å². The van der Waals surface area contributed by atoms with Crippen molar-refractivity contribution in [3.05, 3.63) is 39.6 Å². The van der Waals surface area contributed by atoms with Crippen LogP contribution in [0.5, 0.6) is 0 Å². The summed E-state index contributed by atoms with van der Waals surface area (Å²) in [6.07, 6.45) is 3.06. The molecular formula is C12H7Cl2N3O2S. The highest BCUT2D eigenvalue weighted by atomic mass is 35.5. The first kappa shape index (κ1) is 13.4. The number of imidazole rings is 1. The van der Waals surface area contributed by atoms with E-state index in [2.05, 4.69) is 9.97 Å². The first-order chi connectivity index (χ1) is 9.56. The van der Waals surface area contributed by atoms with E-state index in [4.69, 9.17) is 28.3 Å². The molecule has 0 aliphatic heterocycles. The van der Waals surface area contributed by atoms with Crippen LogP contribution in [0.25, 0.3) is 16.3 Å². The molecule has 3 aromatic heterocycles. The number of carboxylic acid groups (broad SMARTS) is 1. The van der Waals surface area contributed by atoms with Crippen molar-refractivity contribution in [2.45, 2.75) is 6.42 Å². The monoisotopic (exact) mass is 327 g/mol. The summed E-state index contributed by atoms with van der Waals surface area (Å²) < 4.78 is 1.61. The number of thiazole rings is 1. The number of aromatic nitrogens is 3. The second-order valence-electron chi connectivity index (χ2n) is 4.01. The summed E-state index contributed by atoms with van der Waals surface area (Å²) in [4.78, 5) is 19.7. The van der Waals surface area contributed by atoms with Gasteiger partial charge in [0, 0.05) is 17.8 Å². The van der Waals surface area contributed by atoms with Crippen molar-refractivity contribution in [1.29, 1.82) is 0 Å². The number of rotatable bonds is 3. The Bertz CT molecular complexity index is 799. The van der Waals surface area contributed by atoms with Crippen LogP contribution in [0.15, 0.2) is 23.8 Å².